The Kier molecular flexibility index (Phi) is 1.92. The molecule has 2 aromatic heterocycles. The molecule has 2 rings (SSSR count). The van der Waals surface area contributed by atoms with Crippen LogP contribution in [0.2, 0.25) is 0 Å². The molecule has 0 aliphatic heterocycles. The third-order valence-corrected chi connectivity index (χ3v) is 2.07. The smallest absolute Gasteiger partial charge is 0.354 e. The Balaban J connectivity index is 2.77. The summed E-state index contributed by atoms with van der Waals surface area (Å²) in [6.45, 7) is 1.81. The number of nitrogens with zero attached hydrogens (tertiary/aromatic N) is 3. The molecule has 1 N–H and O–H groups in total. The highest BCUT2D eigenvalue weighted by Crippen LogP contribution is 2.12. The number of rotatable bonds is 1. The zero-order valence-electron chi connectivity index (χ0n) is 7.30. The van der Waals surface area contributed by atoms with Gasteiger partial charge in [0.2, 0.25) is 0 Å². The van der Waals surface area contributed by atoms with Gasteiger partial charge in [-0.25, -0.2) is 14.3 Å². The van der Waals surface area contributed by atoms with Gasteiger partial charge < -0.3 is 5.11 Å². The molecule has 0 aromatic carbocycles. The van der Waals surface area contributed by atoms with Crippen LogP contribution in [-0.4, -0.2) is 25.7 Å². The summed E-state index contributed by atoms with van der Waals surface area (Å²) in [5.74, 6) is -1.07. The molecule has 0 saturated heterocycles. The van der Waals surface area contributed by atoms with Crippen LogP contribution in [0.5, 0.6) is 0 Å². The lowest BCUT2D eigenvalue weighted by Gasteiger charge is -1.98. The Morgan fingerprint density at radius 3 is 2.93 bits per heavy atom. The molecule has 0 unspecified atom stereocenters. The highest BCUT2D eigenvalue weighted by molar-refractivity contribution is 7.80. The molecular weight excluding hydrogens is 202 g/mol. The molecule has 6 heteroatoms. The number of aryl methyl sites for hydroxylation is 1. The molecule has 0 bridgehead atoms. The normalized spacial score (nSPS) is 10.7. The van der Waals surface area contributed by atoms with Gasteiger partial charge in [0.05, 0.1) is 10.7 Å². The van der Waals surface area contributed by atoms with Crippen LogP contribution in [0.3, 0.4) is 0 Å². The predicted molar refractivity (Wildman–Crippen MR) is 51.9 cm³/mol. The Labute approximate surface area is 84.8 Å². The van der Waals surface area contributed by atoms with E-state index in [-0.39, 0.29) is 5.69 Å². The summed E-state index contributed by atoms with van der Waals surface area (Å²) in [6, 6.07) is 3.07. The highest BCUT2D eigenvalue weighted by Gasteiger charge is 2.10. The van der Waals surface area contributed by atoms with Gasteiger partial charge >= 0.3 is 5.97 Å². The van der Waals surface area contributed by atoms with Crippen LogP contribution in [0, 0.1) is 6.92 Å². The number of hydrogen-bond acceptors (Lipinski definition) is 4. The van der Waals surface area contributed by atoms with E-state index in [2.05, 4.69) is 22.7 Å². The lowest BCUT2D eigenvalue weighted by molar-refractivity contribution is 0.0690. The summed E-state index contributed by atoms with van der Waals surface area (Å²) in [7, 11) is 0. The molecular formula is C8H7N3O2S. The largest absolute Gasteiger partial charge is 0.477 e. The monoisotopic (exact) mass is 209 g/mol. The Bertz CT molecular complexity index is 521. The van der Waals surface area contributed by atoms with E-state index >= 15 is 0 Å². The van der Waals surface area contributed by atoms with Crippen molar-refractivity contribution >= 4 is 24.2 Å². The minimum Gasteiger partial charge on any atom is -0.477 e. The lowest BCUT2D eigenvalue weighted by Crippen LogP contribution is -2.03. The molecule has 0 aliphatic carbocycles. The van der Waals surface area contributed by atoms with E-state index in [1.54, 1.807) is 6.07 Å². The minimum atomic E-state index is -1.07. The van der Waals surface area contributed by atoms with Gasteiger partial charge in [0.1, 0.15) is 0 Å². The summed E-state index contributed by atoms with van der Waals surface area (Å²) >= 11 is 4.13. The number of carbonyl (C=O) groups is 1. The molecule has 0 atom stereocenters. The molecule has 2 aromatic rings. The maximum atomic E-state index is 10.7. The van der Waals surface area contributed by atoms with E-state index in [1.807, 2.05) is 6.92 Å². The Morgan fingerprint density at radius 2 is 2.29 bits per heavy atom. The quantitative estimate of drug-likeness (QED) is 0.543. The van der Waals surface area contributed by atoms with Crippen LogP contribution in [0.1, 0.15) is 16.2 Å². The van der Waals surface area contributed by atoms with Crippen molar-refractivity contribution in [2.45, 2.75) is 11.9 Å². The Hall–Kier alpha value is -1.56. The Morgan fingerprint density at radius 1 is 1.57 bits per heavy atom. The standard InChI is InChI=1S/C8H7N3O2S/c1-4-2-6-9-5(8(12)13)3-7(14)11(6)10-4/h2-3,14H,1H3,(H,12,13). The number of carboxylic acids is 1. The van der Waals surface area contributed by atoms with Crippen molar-refractivity contribution in [1.29, 1.82) is 0 Å². The predicted octanol–water partition coefficient (Wildman–Crippen LogP) is 1.02. The molecule has 0 fully saturated rings. The third-order valence-electron chi connectivity index (χ3n) is 1.75. The van der Waals surface area contributed by atoms with Crippen molar-refractivity contribution < 1.29 is 9.90 Å². The summed E-state index contributed by atoms with van der Waals surface area (Å²) in [5, 5.41) is 13.3. The van der Waals surface area contributed by atoms with Crippen LogP contribution < -0.4 is 0 Å². The topological polar surface area (TPSA) is 67.5 Å². The van der Waals surface area contributed by atoms with Gasteiger partial charge in [0, 0.05) is 12.1 Å². The third kappa shape index (κ3) is 1.33. The van der Waals surface area contributed by atoms with E-state index < -0.39 is 5.97 Å². The van der Waals surface area contributed by atoms with Crippen LogP contribution in [0.15, 0.2) is 17.2 Å². The second kappa shape index (κ2) is 2.98. The van der Waals surface area contributed by atoms with Crippen molar-refractivity contribution in [3.8, 4) is 0 Å². The maximum absolute atomic E-state index is 10.7. The number of aromatic nitrogens is 3. The molecule has 0 spiro atoms. The van der Waals surface area contributed by atoms with E-state index in [1.165, 1.54) is 10.6 Å². The van der Waals surface area contributed by atoms with Crippen molar-refractivity contribution in [3.63, 3.8) is 0 Å². The number of carboxylic acid groups (broad SMARTS) is 1. The first-order valence-corrected chi connectivity index (χ1v) is 4.32. The van der Waals surface area contributed by atoms with Crippen molar-refractivity contribution in [2.75, 3.05) is 0 Å². The van der Waals surface area contributed by atoms with Crippen LogP contribution in [-0.2, 0) is 0 Å². The summed E-state index contributed by atoms with van der Waals surface area (Å²) in [6.07, 6.45) is 0. The van der Waals surface area contributed by atoms with Gasteiger partial charge in [-0.2, -0.15) is 5.10 Å². The number of fused-ring (bicyclic) bond motifs is 1. The summed E-state index contributed by atoms with van der Waals surface area (Å²) < 4.78 is 1.49. The first-order valence-electron chi connectivity index (χ1n) is 3.87. The van der Waals surface area contributed by atoms with Gasteiger partial charge in [-0.15, -0.1) is 12.6 Å². The molecule has 5 nitrogen and oxygen atoms in total. The SMILES string of the molecule is Cc1cc2nc(C(=O)O)cc(S)n2n1. The fraction of sp³-hybridized carbons (Fsp3) is 0.125. The summed E-state index contributed by atoms with van der Waals surface area (Å²) in [5.41, 5.74) is 1.24. The fourth-order valence-corrected chi connectivity index (χ4v) is 1.45. The molecule has 0 aliphatic rings. The van der Waals surface area contributed by atoms with Gasteiger partial charge in [-0.1, -0.05) is 0 Å². The summed E-state index contributed by atoms with van der Waals surface area (Å²) in [4.78, 5) is 14.6. The van der Waals surface area contributed by atoms with E-state index in [9.17, 15) is 4.79 Å². The van der Waals surface area contributed by atoms with Crippen molar-refractivity contribution in [3.05, 3.63) is 23.5 Å². The molecule has 0 radical (unpaired) electrons. The number of aromatic carboxylic acids is 1. The first kappa shape index (κ1) is 9.01. The number of thiol groups is 1. The van der Waals surface area contributed by atoms with Crippen LogP contribution >= 0.6 is 12.6 Å². The van der Waals surface area contributed by atoms with Crippen LogP contribution in [0.4, 0.5) is 0 Å². The number of hydrogen-bond donors (Lipinski definition) is 2. The average molecular weight is 209 g/mol. The van der Waals surface area contributed by atoms with E-state index in [0.717, 1.165) is 5.69 Å². The fourth-order valence-electron chi connectivity index (χ4n) is 1.18. The maximum Gasteiger partial charge on any atom is 0.354 e. The van der Waals surface area contributed by atoms with Crippen LogP contribution in [0.25, 0.3) is 5.65 Å². The second-order valence-electron chi connectivity index (χ2n) is 2.86. The first-order chi connectivity index (χ1) is 6.58. The van der Waals surface area contributed by atoms with Gasteiger partial charge in [0.25, 0.3) is 0 Å². The molecule has 2 heterocycles. The van der Waals surface area contributed by atoms with Crippen molar-refractivity contribution in [1.82, 2.24) is 14.6 Å². The van der Waals surface area contributed by atoms with E-state index in [4.69, 9.17) is 5.11 Å². The molecule has 14 heavy (non-hydrogen) atoms. The molecule has 0 amide bonds. The average Bonchev–Trinajstić information content (AvgIpc) is 2.45. The zero-order chi connectivity index (χ0) is 10.3. The van der Waals surface area contributed by atoms with Gasteiger partial charge in [-0.05, 0) is 6.92 Å². The molecule has 72 valence electrons. The zero-order valence-corrected chi connectivity index (χ0v) is 8.19. The van der Waals surface area contributed by atoms with Gasteiger partial charge in [-0.3, -0.25) is 0 Å². The minimum absolute atomic E-state index is 0.0256. The highest BCUT2D eigenvalue weighted by atomic mass is 32.1. The van der Waals surface area contributed by atoms with Gasteiger partial charge in [0.15, 0.2) is 11.3 Å². The lowest BCUT2D eigenvalue weighted by atomic mass is 10.4. The van der Waals surface area contributed by atoms with Crippen molar-refractivity contribution in [2.24, 2.45) is 0 Å². The van der Waals surface area contributed by atoms with E-state index in [0.29, 0.717) is 10.7 Å². The molecule has 0 saturated carbocycles. The second-order valence-corrected chi connectivity index (χ2v) is 3.32.